The summed E-state index contributed by atoms with van der Waals surface area (Å²) in [6, 6.07) is 0. The Balaban J connectivity index is 3.45. The molecular weight excluding hydrogens is 143 g/mol. The summed E-state index contributed by atoms with van der Waals surface area (Å²) in [5, 5.41) is 0. The lowest BCUT2D eigenvalue weighted by Crippen LogP contribution is -1.96. The molecule has 0 heterocycles. The van der Waals surface area contributed by atoms with E-state index in [2.05, 4.69) is 42.4 Å². The minimum Gasteiger partial charge on any atom is -0.365 e. The van der Waals surface area contributed by atoms with Crippen molar-refractivity contribution in [1.29, 1.82) is 0 Å². The summed E-state index contributed by atoms with van der Waals surface area (Å²) >= 11 is 0. The lowest BCUT2D eigenvalue weighted by atomic mass is 10.1. The SMILES string of the molecule is CC(C)C=CC(C)COP. The molecule has 0 rings (SSSR count). The fourth-order valence-electron chi connectivity index (χ4n) is 0.619. The molecule has 1 nitrogen and oxygen atoms in total. The summed E-state index contributed by atoms with van der Waals surface area (Å²) in [6.45, 7) is 7.27. The molecule has 0 fully saturated rings. The predicted molar refractivity (Wildman–Crippen MR) is 48.8 cm³/mol. The summed E-state index contributed by atoms with van der Waals surface area (Å²) in [6.07, 6.45) is 4.39. The first kappa shape index (κ1) is 10.1. The van der Waals surface area contributed by atoms with Gasteiger partial charge in [-0.15, -0.1) is 0 Å². The molecule has 0 aliphatic rings. The maximum absolute atomic E-state index is 4.90. The third-order valence-corrected chi connectivity index (χ3v) is 1.38. The summed E-state index contributed by atoms with van der Waals surface area (Å²) in [5.74, 6) is 1.17. The highest BCUT2D eigenvalue weighted by Gasteiger charge is 1.94. The molecule has 2 heteroatoms. The molecular formula is C8H17OP. The first-order valence-electron chi connectivity index (χ1n) is 3.66. The van der Waals surface area contributed by atoms with Crippen molar-refractivity contribution < 1.29 is 4.52 Å². The van der Waals surface area contributed by atoms with Crippen LogP contribution < -0.4 is 0 Å². The molecule has 2 unspecified atom stereocenters. The first-order valence-corrected chi connectivity index (χ1v) is 4.14. The zero-order valence-electron chi connectivity index (χ0n) is 7.00. The van der Waals surface area contributed by atoms with Gasteiger partial charge in [0, 0.05) is 9.47 Å². The first-order chi connectivity index (χ1) is 4.66. The van der Waals surface area contributed by atoms with E-state index in [4.69, 9.17) is 4.52 Å². The zero-order valence-corrected chi connectivity index (χ0v) is 8.16. The summed E-state index contributed by atoms with van der Waals surface area (Å²) in [4.78, 5) is 0. The topological polar surface area (TPSA) is 9.23 Å². The van der Waals surface area contributed by atoms with Crippen LogP contribution in [0.5, 0.6) is 0 Å². The molecule has 0 aromatic carbocycles. The maximum Gasteiger partial charge on any atom is 0.0562 e. The molecule has 2 atom stereocenters. The van der Waals surface area contributed by atoms with Crippen molar-refractivity contribution in [2.75, 3.05) is 6.61 Å². The van der Waals surface area contributed by atoms with Crippen molar-refractivity contribution in [1.82, 2.24) is 0 Å². The highest BCUT2D eigenvalue weighted by atomic mass is 31.0. The quantitative estimate of drug-likeness (QED) is 0.453. The van der Waals surface area contributed by atoms with Gasteiger partial charge in [-0.1, -0.05) is 32.9 Å². The van der Waals surface area contributed by atoms with Crippen molar-refractivity contribution in [2.24, 2.45) is 11.8 Å². The second kappa shape index (κ2) is 5.88. The molecule has 0 saturated carbocycles. The van der Waals surface area contributed by atoms with Crippen LogP contribution in [0.1, 0.15) is 20.8 Å². The van der Waals surface area contributed by atoms with Gasteiger partial charge in [-0.25, -0.2) is 0 Å². The van der Waals surface area contributed by atoms with Gasteiger partial charge in [0.05, 0.1) is 6.61 Å². The van der Waals surface area contributed by atoms with E-state index < -0.39 is 0 Å². The third kappa shape index (κ3) is 6.25. The van der Waals surface area contributed by atoms with Crippen molar-refractivity contribution in [2.45, 2.75) is 20.8 Å². The van der Waals surface area contributed by atoms with E-state index >= 15 is 0 Å². The normalized spacial score (nSPS) is 14.9. The molecule has 0 aromatic heterocycles. The molecule has 0 amide bonds. The fourth-order valence-corrected chi connectivity index (χ4v) is 0.923. The highest BCUT2D eigenvalue weighted by Crippen LogP contribution is 2.03. The Morgan fingerprint density at radius 2 is 1.90 bits per heavy atom. The molecule has 0 saturated heterocycles. The van der Waals surface area contributed by atoms with Crippen LogP contribution in [-0.4, -0.2) is 6.61 Å². The molecule has 0 radical (unpaired) electrons. The molecule has 0 bridgehead atoms. The lowest BCUT2D eigenvalue weighted by molar-refractivity contribution is 0.330. The third-order valence-electron chi connectivity index (χ3n) is 1.18. The van der Waals surface area contributed by atoms with Crippen LogP contribution in [0.3, 0.4) is 0 Å². The van der Waals surface area contributed by atoms with Gasteiger partial charge >= 0.3 is 0 Å². The Bertz CT molecular complexity index is 99.4. The second-order valence-corrected chi connectivity index (χ2v) is 3.27. The molecule has 0 aliphatic heterocycles. The number of rotatable bonds is 4. The minimum absolute atomic E-state index is 0.528. The molecule has 0 spiro atoms. The van der Waals surface area contributed by atoms with E-state index in [1.165, 1.54) is 0 Å². The van der Waals surface area contributed by atoms with Gasteiger partial charge < -0.3 is 4.52 Å². The van der Waals surface area contributed by atoms with Crippen molar-refractivity contribution in [3.8, 4) is 0 Å². The predicted octanol–water partition coefficient (Wildman–Crippen LogP) is 2.64. The van der Waals surface area contributed by atoms with E-state index in [1.807, 2.05) is 0 Å². The maximum atomic E-state index is 4.90. The van der Waals surface area contributed by atoms with Crippen LogP contribution in [-0.2, 0) is 4.52 Å². The Hall–Kier alpha value is 0.130. The molecule has 0 aliphatic carbocycles. The van der Waals surface area contributed by atoms with Crippen LogP contribution in [0.4, 0.5) is 0 Å². The van der Waals surface area contributed by atoms with E-state index in [-0.39, 0.29) is 0 Å². The standard InChI is InChI=1S/C8H17OP/c1-7(2)4-5-8(3)6-9-10/h4-5,7-8H,6,10H2,1-3H3. The second-order valence-electron chi connectivity index (χ2n) is 2.94. The smallest absolute Gasteiger partial charge is 0.0562 e. The average Bonchev–Trinajstić information content (AvgIpc) is 1.85. The average molecular weight is 160 g/mol. The van der Waals surface area contributed by atoms with Crippen LogP contribution in [0.15, 0.2) is 12.2 Å². The minimum atomic E-state index is 0.528. The van der Waals surface area contributed by atoms with Gasteiger partial charge in [-0.05, 0) is 11.8 Å². The highest BCUT2D eigenvalue weighted by molar-refractivity contribution is 7.09. The summed E-state index contributed by atoms with van der Waals surface area (Å²) in [7, 11) is 2.26. The summed E-state index contributed by atoms with van der Waals surface area (Å²) < 4.78 is 4.90. The van der Waals surface area contributed by atoms with Gasteiger partial charge in [0.2, 0.25) is 0 Å². The number of hydrogen-bond acceptors (Lipinski definition) is 1. The Morgan fingerprint density at radius 3 is 2.30 bits per heavy atom. The Kier molecular flexibility index (Phi) is 5.96. The largest absolute Gasteiger partial charge is 0.365 e. The zero-order chi connectivity index (χ0) is 7.98. The lowest BCUT2D eigenvalue weighted by Gasteiger charge is -2.03. The number of allylic oxidation sites excluding steroid dienone is 1. The van der Waals surface area contributed by atoms with E-state index in [1.54, 1.807) is 0 Å². The van der Waals surface area contributed by atoms with E-state index in [0.717, 1.165) is 6.61 Å². The Labute approximate surface area is 66.1 Å². The molecule has 0 N–H and O–H groups in total. The van der Waals surface area contributed by atoms with Gasteiger partial charge in [-0.3, -0.25) is 0 Å². The van der Waals surface area contributed by atoms with Crippen molar-refractivity contribution in [3.63, 3.8) is 0 Å². The van der Waals surface area contributed by atoms with E-state index in [9.17, 15) is 0 Å². The van der Waals surface area contributed by atoms with Crippen LogP contribution >= 0.6 is 9.47 Å². The van der Waals surface area contributed by atoms with Crippen LogP contribution in [0.25, 0.3) is 0 Å². The van der Waals surface area contributed by atoms with Crippen molar-refractivity contribution in [3.05, 3.63) is 12.2 Å². The molecule has 60 valence electrons. The van der Waals surface area contributed by atoms with E-state index in [0.29, 0.717) is 11.8 Å². The summed E-state index contributed by atoms with van der Waals surface area (Å²) in [5.41, 5.74) is 0. The van der Waals surface area contributed by atoms with Gasteiger partial charge in [0.25, 0.3) is 0 Å². The molecule has 10 heavy (non-hydrogen) atoms. The van der Waals surface area contributed by atoms with Crippen molar-refractivity contribution >= 4 is 9.47 Å². The van der Waals surface area contributed by atoms with Crippen LogP contribution in [0.2, 0.25) is 0 Å². The van der Waals surface area contributed by atoms with Gasteiger partial charge in [0.15, 0.2) is 0 Å². The fraction of sp³-hybridized carbons (Fsp3) is 0.750. The molecule has 0 aromatic rings. The monoisotopic (exact) mass is 160 g/mol. The van der Waals surface area contributed by atoms with Crippen LogP contribution in [0, 0.1) is 11.8 Å². The number of hydrogen-bond donors (Lipinski definition) is 0. The van der Waals surface area contributed by atoms with Gasteiger partial charge in [-0.2, -0.15) is 0 Å². The van der Waals surface area contributed by atoms with Gasteiger partial charge in [0.1, 0.15) is 0 Å². The Morgan fingerprint density at radius 1 is 1.30 bits per heavy atom.